The van der Waals surface area contributed by atoms with Gasteiger partial charge in [0.05, 0.1) is 7.11 Å². The summed E-state index contributed by atoms with van der Waals surface area (Å²) in [6.45, 7) is 5.84. The number of hydrogen-bond acceptors (Lipinski definition) is 3. The fourth-order valence-electron chi connectivity index (χ4n) is 2.05. The monoisotopic (exact) mass is 214 g/mol. The van der Waals surface area contributed by atoms with Gasteiger partial charge in [-0.3, -0.25) is 0 Å². The average Bonchev–Trinajstić information content (AvgIpc) is 2.29. The number of carbonyl (C=O) groups excluding carboxylic acids is 1. The first kappa shape index (κ1) is 12.3. The van der Waals surface area contributed by atoms with E-state index in [2.05, 4.69) is 12.2 Å². The molecule has 1 rings (SSSR count). The first-order valence-electron chi connectivity index (χ1n) is 5.81. The second kappa shape index (κ2) is 6.67. The Hall–Kier alpha value is -0.770. The van der Waals surface area contributed by atoms with Gasteiger partial charge < -0.3 is 15.0 Å². The highest BCUT2D eigenvalue weighted by molar-refractivity contribution is 5.67. The molecular formula is C11H22N2O2. The van der Waals surface area contributed by atoms with Crippen LogP contribution in [0.3, 0.4) is 0 Å². The van der Waals surface area contributed by atoms with Gasteiger partial charge in [-0.2, -0.15) is 0 Å². The number of carbonyl (C=O) groups is 1. The molecule has 1 aliphatic rings. The summed E-state index contributed by atoms with van der Waals surface area (Å²) in [5, 5.41) is 3.36. The van der Waals surface area contributed by atoms with Gasteiger partial charge in [-0.25, -0.2) is 4.79 Å². The highest BCUT2D eigenvalue weighted by Crippen LogP contribution is 2.12. The van der Waals surface area contributed by atoms with Crippen molar-refractivity contribution < 1.29 is 9.53 Å². The van der Waals surface area contributed by atoms with Crippen LogP contribution in [-0.4, -0.2) is 44.3 Å². The lowest BCUT2D eigenvalue weighted by Gasteiger charge is -2.29. The van der Waals surface area contributed by atoms with E-state index in [-0.39, 0.29) is 6.09 Å². The van der Waals surface area contributed by atoms with E-state index < -0.39 is 0 Å². The third kappa shape index (κ3) is 4.08. The molecule has 4 heteroatoms. The van der Waals surface area contributed by atoms with E-state index in [4.69, 9.17) is 4.74 Å². The van der Waals surface area contributed by atoms with Crippen LogP contribution in [0.1, 0.15) is 26.2 Å². The van der Waals surface area contributed by atoms with Gasteiger partial charge in [-0.05, 0) is 38.3 Å². The van der Waals surface area contributed by atoms with Crippen molar-refractivity contribution in [2.45, 2.75) is 26.2 Å². The number of piperidine rings is 1. The van der Waals surface area contributed by atoms with Crippen LogP contribution in [0.4, 0.5) is 4.79 Å². The van der Waals surface area contributed by atoms with E-state index in [1.807, 2.05) is 4.90 Å². The third-order valence-corrected chi connectivity index (χ3v) is 2.80. The number of nitrogens with one attached hydrogen (secondary N) is 1. The van der Waals surface area contributed by atoms with E-state index in [0.717, 1.165) is 32.6 Å². The van der Waals surface area contributed by atoms with E-state index in [1.54, 1.807) is 0 Å². The standard InChI is InChI=1S/C11H22N2O2/c1-3-7-13(11(14)15-2)9-10-5-4-6-12-8-10/h10,12H,3-9H2,1-2H3. The molecule has 1 unspecified atom stereocenters. The zero-order valence-corrected chi connectivity index (χ0v) is 9.79. The molecule has 1 atom stereocenters. The minimum absolute atomic E-state index is 0.192. The zero-order chi connectivity index (χ0) is 11.1. The number of hydrogen-bond donors (Lipinski definition) is 1. The Morgan fingerprint density at radius 2 is 2.40 bits per heavy atom. The van der Waals surface area contributed by atoms with Crippen molar-refractivity contribution in [1.29, 1.82) is 0 Å². The fraction of sp³-hybridized carbons (Fsp3) is 0.909. The van der Waals surface area contributed by atoms with E-state index in [0.29, 0.717) is 5.92 Å². The fourth-order valence-corrected chi connectivity index (χ4v) is 2.05. The van der Waals surface area contributed by atoms with Gasteiger partial charge in [-0.15, -0.1) is 0 Å². The van der Waals surface area contributed by atoms with Crippen molar-refractivity contribution >= 4 is 6.09 Å². The van der Waals surface area contributed by atoms with Gasteiger partial charge in [0.2, 0.25) is 0 Å². The van der Waals surface area contributed by atoms with E-state index >= 15 is 0 Å². The summed E-state index contributed by atoms with van der Waals surface area (Å²) >= 11 is 0. The second-order valence-electron chi connectivity index (χ2n) is 4.13. The Labute approximate surface area is 92.0 Å². The maximum atomic E-state index is 11.5. The van der Waals surface area contributed by atoms with Crippen LogP contribution in [-0.2, 0) is 4.74 Å². The van der Waals surface area contributed by atoms with Crippen LogP contribution in [0, 0.1) is 5.92 Å². The lowest BCUT2D eigenvalue weighted by atomic mass is 9.99. The highest BCUT2D eigenvalue weighted by atomic mass is 16.5. The van der Waals surface area contributed by atoms with Gasteiger partial charge in [0.1, 0.15) is 0 Å². The number of amides is 1. The predicted molar refractivity (Wildman–Crippen MR) is 59.9 cm³/mol. The summed E-state index contributed by atoms with van der Waals surface area (Å²) in [6.07, 6.45) is 3.22. The van der Waals surface area contributed by atoms with Crippen LogP contribution in [0.2, 0.25) is 0 Å². The molecule has 0 radical (unpaired) electrons. The first-order chi connectivity index (χ1) is 7.27. The molecule has 0 aromatic rings. The first-order valence-corrected chi connectivity index (χ1v) is 5.81. The van der Waals surface area contributed by atoms with Crippen LogP contribution >= 0.6 is 0 Å². The molecule has 0 aromatic carbocycles. The predicted octanol–water partition coefficient (Wildman–Crippen LogP) is 1.46. The van der Waals surface area contributed by atoms with E-state index in [1.165, 1.54) is 20.0 Å². The third-order valence-electron chi connectivity index (χ3n) is 2.80. The van der Waals surface area contributed by atoms with Gasteiger partial charge in [0.25, 0.3) is 0 Å². The van der Waals surface area contributed by atoms with Gasteiger partial charge in [0, 0.05) is 13.1 Å². The molecule has 1 aliphatic heterocycles. The number of ether oxygens (including phenoxy) is 1. The molecule has 0 bridgehead atoms. The Kier molecular flexibility index (Phi) is 5.47. The quantitative estimate of drug-likeness (QED) is 0.770. The second-order valence-corrected chi connectivity index (χ2v) is 4.13. The molecule has 1 amide bonds. The number of rotatable bonds is 4. The zero-order valence-electron chi connectivity index (χ0n) is 9.79. The van der Waals surface area contributed by atoms with Crippen LogP contribution < -0.4 is 5.32 Å². The molecule has 15 heavy (non-hydrogen) atoms. The lowest BCUT2D eigenvalue weighted by molar-refractivity contribution is 0.113. The highest BCUT2D eigenvalue weighted by Gasteiger charge is 2.20. The molecule has 0 aromatic heterocycles. The van der Waals surface area contributed by atoms with E-state index in [9.17, 15) is 4.79 Å². The SMILES string of the molecule is CCCN(CC1CCCNC1)C(=O)OC. The van der Waals surface area contributed by atoms with Crippen molar-refractivity contribution in [1.82, 2.24) is 10.2 Å². The molecule has 1 heterocycles. The van der Waals surface area contributed by atoms with Crippen LogP contribution in [0.5, 0.6) is 0 Å². The van der Waals surface area contributed by atoms with Crippen molar-refractivity contribution in [3.05, 3.63) is 0 Å². The molecule has 1 saturated heterocycles. The summed E-state index contributed by atoms with van der Waals surface area (Å²) in [5.74, 6) is 0.587. The summed E-state index contributed by atoms with van der Waals surface area (Å²) in [7, 11) is 1.45. The maximum absolute atomic E-state index is 11.5. The Balaban J connectivity index is 2.38. The largest absolute Gasteiger partial charge is 0.453 e. The molecule has 88 valence electrons. The summed E-state index contributed by atoms with van der Waals surface area (Å²) in [5.41, 5.74) is 0. The smallest absolute Gasteiger partial charge is 0.409 e. The minimum atomic E-state index is -0.192. The van der Waals surface area contributed by atoms with Gasteiger partial charge in [0.15, 0.2) is 0 Å². The molecule has 0 saturated carbocycles. The Bertz CT molecular complexity index is 191. The Morgan fingerprint density at radius 3 is 2.93 bits per heavy atom. The average molecular weight is 214 g/mol. The normalized spacial score (nSPS) is 21.1. The molecule has 1 N–H and O–H groups in total. The maximum Gasteiger partial charge on any atom is 0.409 e. The van der Waals surface area contributed by atoms with Crippen molar-refractivity contribution in [2.75, 3.05) is 33.3 Å². The summed E-state index contributed by atoms with van der Waals surface area (Å²) < 4.78 is 4.77. The topological polar surface area (TPSA) is 41.6 Å². The summed E-state index contributed by atoms with van der Waals surface area (Å²) in [4.78, 5) is 13.3. The van der Waals surface area contributed by atoms with Crippen molar-refractivity contribution in [3.63, 3.8) is 0 Å². The molecule has 4 nitrogen and oxygen atoms in total. The van der Waals surface area contributed by atoms with Crippen molar-refractivity contribution in [3.8, 4) is 0 Å². The van der Waals surface area contributed by atoms with Gasteiger partial charge in [-0.1, -0.05) is 6.92 Å². The van der Waals surface area contributed by atoms with Crippen LogP contribution in [0.15, 0.2) is 0 Å². The van der Waals surface area contributed by atoms with Crippen LogP contribution in [0.25, 0.3) is 0 Å². The van der Waals surface area contributed by atoms with Crippen molar-refractivity contribution in [2.24, 2.45) is 5.92 Å². The Morgan fingerprint density at radius 1 is 1.60 bits per heavy atom. The number of nitrogens with zero attached hydrogens (tertiary/aromatic N) is 1. The summed E-state index contributed by atoms with van der Waals surface area (Å²) in [6, 6.07) is 0. The van der Waals surface area contributed by atoms with Gasteiger partial charge >= 0.3 is 6.09 Å². The minimum Gasteiger partial charge on any atom is -0.453 e. The molecular weight excluding hydrogens is 192 g/mol. The lowest BCUT2D eigenvalue weighted by Crippen LogP contribution is -2.41. The number of methoxy groups -OCH3 is 1. The molecule has 1 fully saturated rings. The molecule has 0 aliphatic carbocycles. The molecule has 0 spiro atoms.